The molecule has 1 fully saturated rings. The van der Waals surface area contributed by atoms with E-state index in [1.807, 2.05) is 28.5 Å². The van der Waals surface area contributed by atoms with Crippen molar-refractivity contribution in [2.75, 3.05) is 0 Å². The lowest BCUT2D eigenvalue weighted by molar-refractivity contribution is 0.0728. The predicted octanol–water partition coefficient (Wildman–Crippen LogP) is 5.79. The van der Waals surface area contributed by atoms with E-state index in [0.717, 1.165) is 29.3 Å². The van der Waals surface area contributed by atoms with Crippen LogP contribution in [0.3, 0.4) is 0 Å². The largest absolute Gasteiger partial charge is 0.486 e. The zero-order chi connectivity index (χ0) is 21.1. The van der Waals surface area contributed by atoms with Gasteiger partial charge in [0.2, 0.25) is 0 Å². The van der Waals surface area contributed by atoms with Crippen molar-refractivity contribution < 1.29 is 13.9 Å². The molecule has 0 N–H and O–H groups in total. The third kappa shape index (κ3) is 4.87. The Kier molecular flexibility index (Phi) is 6.13. The Balaban J connectivity index is 1.42. The number of carbonyl (C=O) groups excluding carboxylic acids is 1. The van der Waals surface area contributed by atoms with Gasteiger partial charge in [-0.3, -0.25) is 4.79 Å². The van der Waals surface area contributed by atoms with Crippen LogP contribution in [0.25, 0.3) is 0 Å². The molecule has 2 aromatic carbocycles. The molecule has 0 spiro atoms. The van der Waals surface area contributed by atoms with Crippen molar-refractivity contribution in [3.05, 3.63) is 81.6 Å². The van der Waals surface area contributed by atoms with Gasteiger partial charge in [-0.25, -0.2) is 9.37 Å². The molecule has 1 heterocycles. The number of carbonyl (C=O) groups is 1. The fourth-order valence-corrected chi connectivity index (χ4v) is 4.10. The molecule has 1 aliphatic rings. The number of ether oxygens (including phenoxy) is 1. The molecule has 1 saturated carbocycles. The Bertz CT molecular complexity index is 1010. The first kappa shape index (κ1) is 20.5. The quantitative estimate of drug-likeness (QED) is 0.460. The van der Waals surface area contributed by atoms with Crippen LogP contribution in [0, 0.1) is 5.82 Å². The summed E-state index contributed by atoms with van der Waals surface area (Å²) in [5.74, 6) is 0.856. The molecular weight excluding hydrogens is 399 g/mol. The van der Waals surface area contributed by atoms with Gasteiger partial charge >= 0.3 is 0 Å². The first-order valence-electron chi connectivity index (χ1n) is 10.2. The lowest BCUT2D eigenvalue weighted by atomic mass is 10.0. The third-order valence-corrected chi connectivity index (χ3v) is 6.03. The molecule has 0 aliphatic heterocycles. The second kappa shape index (κ2) is 8.96. The summed E-state index contributed by atoms with van der Waals surface area (Å²) >= 11 is 1.54. The Morgan fingerprint density at radius 1 is 1.20 bits per heavy atom. The van der Waals surface area contributed by atoms with Crippen molar-refractivity contribution in [1.29, 1.82) is 0 Å². The number of amides is 1. The van der Waals surface area contributed by atoms with Crippen LogP contribution in [0.1, 0.15) is 59.2 Å². The molecule has 1 aromatic heterocycles. The highest BCUT2D eigenvalue weighted by molar-refractivity contribution is 7.09. The van der Waals surface area contributed by atoms with Crippen molar-refractivity contribution in [3.8, 4) is 5.75 Å². The number of benzene rings is 2. The van der Waals surface area contributed by atoms with E-state index in [2.05, 4.69) is 24.9 Å². The maximum absolute atomic E-state index is 13.2. The lowest BCUT2D eigenvalue weighted by Gasteiger charge is -2.21. The van der Waals surface area contributed by atoms with Gasteiger partial charge in [0.15, 0.2) is 0 Å². The topological polar surface area (TPSA) is 42.4 Å². The maximum atomic E-state index is 13.2. The number of thiazole rings is 1. The summed E-state index contributed by atoms with van der Waals surface area (Å²) < 4.78 is 19.2. The molecule has 1 amide bonds. The van der Waals surface area contributed by atoms with Crippen molar-refractivity contribution in [1.82, 2.24) is 9.88 Å². The van der Waals surface area contributed by atoms with Gasteiger partial charge in [-0.1, -0.05) is 32.0 Å². The highest BCUT2D eigenvalue weighted by atomic mass is 32.1. The van der Waals surface area contributed by atoms with Crippen LogP contribution in [0.4, 0.5) is 4.39 Å². The highest BCUT2D eigenvalue weighted by Gasteiger charge is 2.33. The first-order chi connectivity index (χ1) is 14.5. The van der Waals surface area contributed by atoms with Gasteiger partial charge in [0.05, 0.1) is 12.2 Å². The smallest absolute Gasteiger partial charge is 0.254 e. The van der Waals surface area contributed by atoms with Crippen LogP contribution in [-0.2, 0) is 13.2 Å². The zero-order valence-electron chi connectivity index (χ0n) is 17.2. The number of halogens is 1. The molecule has 1 aliphatic carbocycles. The van der Waals surface area contributed by atoms with Crippen LogP contribution in [0.2, 0.25) is 0 Å². The summed E-state index contributed by atoms with van der Waals surface area (Å²) in [7, 11) is 0. The van der Waals surface area contributed by atoms with E-state index in [9.17, 15) is 9.18 Å². The molecule has 4 rings (SSSR count). The van der Waals surface area contributed by atoms with Gasteiger partial charge in [-0.2, -0.15) is 0 Å². The summed E-state index contributed by atoms with van der Waals surface area (Å²) in [5.41, 5.74) is 2.55. The fraction of sp³-hybridized carbons (Fsp3) is 0.333. The van der Waals surface area contributed by atoms with E-state index in [1.54, 1.807) is 23.5 Å². The molecular formula is C24H25FN2O2S. The number of rotatable bonds is 8. The average Bonchev–Trinajstić information content (AvgIpc) is 3.49. The Labute approximate surface area is 180 Å². The van der Waals surface area contributed by atoms with Gasteiger partial charge in [0.25, 0.3) is 5.91 Å². The number of hydrogen-bond donors (Lipinski definition) is 0. The van der Waals surface area contributed by atoms with Gasteiger partial charge in [-0.05, 0) is 54.7 Å². The first-order valence-corrected chi connectivity index (χ1v) is 11.1. The second-order valence-corrected chi connectivity index (χ2v) is 8.83. The van der Waals surface area contributed by atoms with Crippen LogP contribution < -0.4 is 4.74 Å². The predicted molar refractivity (Wildman–Crippen MR) is 116 cm³/mol. The molecule has 156 valence electrons. The standard InChI is InChI=1S/C24H25FN2O2S/c1-16(2)21-5-3-4-6-22(21)29-14-23-26-19(15-30-23)13-27(20-11-12-20)24(28)17-7-9-18(25)10-8-17/h3-10,15-16,20H,11-14H2,1-2H3. The zero-order valence-corrected chi connectivity index (χ0v) is 18.0. The van der Waals surface area contributed by atoms with Gasteiger partial charge in [0, 0.05) is 17.0 Å². The minimum Gasteiger partial charge on any atom is -0.486 e. The van der Waals surface area contributed by atoms with E-state index in [4.69, 9.17) is 4.74 Å². The molecule has 4 nitrogen and oxygen atoms in total. The normalized spacial score (nSPS) is 13.5. The molecule has 0 radical (unpaired) electrons. The average molecular weight is 425 g/mol. The van der Waals surface area contributed by atoms with E-state index in [0.29, 0.717) is 24.6 Å². The van der Waals surface area contributed by atoms with Gasteiger partial charge in [-0.15, -0.1) is 11.3 Å². The Morgan fingerprint density at radius 2 is 1.93 bits per heavy atom. The summed E-state index contributed by atoms with van der Waals surface area (Å²) in [5, 5.41) is 2.87. The minimum absolute atomic E-state index is 0.0749. The van der Waals surface area contributed by atoms with Crippen molar-refractivity contribution in [2.24, 2.45) is 0 Å². The number of nitrogens with zero attached hydrogens (tertiary/aromatic N) is 2. The van der Waals surface area contributed by atoms with Crippen molar-refractivity contribution >= 4 is 17.2 Å². The summed E-state index contributed by atoms with van der Waals surface area (Å²) in [6, 6.07) is 14.0. The fourth-order valence-electron chi connectivity index (χ4n) is 3.40. The van der Waals surface area contributed by atoms with Crippen molar-refractivity contribution in [2.45, 2.75) is 51.8 Å². The monoisotopic (exact) mass is 424 g/mol. The van der Waals surface area contributed by atoms with Crippen LogP contribution in [0.15, 0.2) is 53.9 Å². The lowest BCUT2D eigenvalue weighted by Crippen LogP contribution is -2.32. The minimum atomic E-state index is -0.340. The van der Waals surface area contributed by atoms with Crippen LogP contribution >= 0.6 is 11.3 Å². The number of aromatic nitrogens is 1. The molecule has 0 unspecified atom stereocenters. The van der Waals surface area contributed by atoms with Crippen LogP contribution in [-0.4, -0.2) is 21.8 Å². The molecule has 0 bridgehead atoms. The molecule has 0 saturated heterocycles. The van der Waals surface area contributed by atoms with E-state index < -0.39 is 0 Å². The Hall–Kier alpha value is -2.73. The van der Waals surface area contributed by atoms with Crippen LogP contribution in [0.5, 0.6) is 5.75 Å². The number of para-hydroxylation sites is 1. The summed E-state index contributed by atoms with van der Waals surface area (Å²) in [6.45, 7) is 5.16. The maximum Gasteiger partial charge on any atom is 0.254 e. The van der Waals surface area contributed by atoms with E-state index in [1.165, 1.54) is 17.7 Å². The molecule has 30 heavy (non-hydrogen) atoms. The van der Waals surface area contributed by atoms with Gasteiger partial charge < -0.3 is 9.64 Å². The SMILES string of the molecule is CC(C)c1ccccc1OCc1nc(CN(C(=O)c2ccc(F)cc2)C2CC2)cs1. The number of hydrogen-bond acceptors (Lipinski definition) is 4. The second-order valence-electron chi connectivity index (χ2n) is 7.88. The highest BCUT2D eigenvalue weighted by Crippen LogP contribution is 2.31. The van der Waals surface area contributed by atoms with E-state index in [-0.39, 0.29) is 17.8 Å². The van der Waals surface area contributed by atoms with Crippen molar-refractivity contribution in [3.63, 3.8) is 0 Å². The Morgan fingerprint density at radius 3 is 2.63 bits per heavy atom. The molecule has 6 heteroatoms. The summed E-state index contributed by atoms with van der Waals surface area (Å²) in [6.07, 6.45) is 2.00. The third-order valence-electron chi connectivity index (χ3n) is 5.16. The van der Waals surface area contributed by atoms with E-state index >= 15 is 0 Å². The summed E-state index contributed by atoms with van der Waals surface area (Å²) in [4.78, 5) is 19.4. The van der Waals surface area contributed by atoms with Gasteiger partial charge in [0.1, 0.15) is 23.2 Å². The molecule has 0 atom stereocenters. The molecule has 3 aromatic rings.